The van der Waals surface area contributed by atoms with E-state index in [9.17, 15) is 9.90 Å². The minimum atomic E-state index is -0.570. The molecule has 26 heavy (non-hydrogen) atoms. The summed E-state index contributed by atoms with van der Waals surface area (Å²) in [7, 11) is 0. The van der Waals surface area contributed by atoms with Crippen molar-refractivity contribution in [3.05, 3.63) is 82.0 Å². The minimum Gasteiger partial charge on any atom is -0.506 e. The van der Waals surface area contributed by atoms with Crippen LogP contribution in [-0.4, -0.2) is 22.7 Å². The Kier molecular flexibility index (Phi) is 5.58. The van der Waals surface area contributed by atoms with Crippen LogP contribution in [0.15, 0.2) is 75.8 Å². The Hall–Kier alpha value is -2.79. The molecule has 0 spiro atoms. The summed E-state index contributed by atoms with van der Waals surface area (Å²) in [5.74, 6) is -0.664. The molecule has 2 aromatic carbocycles. The van der Waals surface area contributed by atoms with Crippen molar-refractivity contribution in [2.45, 2.75) is 13.8 Å². The van der Waals surface area contributed by atoms with Gasteiger partial charge in [0.25, 0.3) is 0 Å². The average Bonchev–Trinajstić information content (AvgIpc) is 2.93. The summed E-state index contributed by atoms with van der Waals surface area (Å²) in [6.45, 7) is 3.98. The van der Waals surface area contributed by atoms with Crippen molar-refractivity contribution >= 4 is 34.5 Å². The van der Waals surface area contributed by atoms with Crippen molar-refractivity contribution < 1.29 is 14.6 Å². The Morgan fingerprint density at radius 2 is 1.85 bits per heavy atom. The summed E-state index contributed by atoms with van der Waals surface area (Å²) in [5.41, 5.74) is 2.92. The van der Waals surface area contributed by atoms with Gasteiger partial charge in [0.15, 0.2) is 0 Å². The molecule has 0 fully saturated rings. The van der Waals surface area contributed by atoms with Crippen LogP contribution in [0.3, 0.4) is 0 Å². The number of nitrogens with zero attached hydrogens (tertiary/aromatic N) is 1. The molecule has 1 heterocycles. The second-order valence-electron chi connectivity index (χ2n) is 5.72. The number of rotatable bonds is 4. The van der Waals surface area contributed by atoms with E-state index >= 15 is 0 Å². The van der Waals surface area contributed by atoms with Crippen LogP contribution in [0.4, 0.5) is 5.69 Å². The molecular weight excluding hydrogens is 346 g/mol. The zero-order chi connectivity index (χ0) is 18.5. The van der Waals surface area contributed by atoms with Gasteiger partial charge in [0.05, 0.1) is 17.2 Å². The summed E-state index contributed by atoms with van der Waals surface area (Å²) < 4.78 is 5.10. The van der Waals surface area contributed by atoms with Gasteiger partial charge in [-0.05, 0) is 37.6 Å². The van der Waals surface area contributed by atoms with E-state index in [0.29, 0.717) is 15.6 Å². The highest BCUT2D eigenvalue weighted by Gasteiger charge is 2.33. The molecule has 0 saturated heterocycles. The van der Waals surface area contributed by atoms with Crippen molar-refractivity contribution in [3.63, 3.8) is 0 Å². The van der Waals surface area contributed by atoms with E-state index in [-0.39, 0.29) is 17.9 Å². The molecule has 5 heteroatoms. The maximum absolute atomic E-state index is 12.3. The molecule has 2 aromatic rings. The molecule has 0 saturated carbocycles. The van der Waals surface area contributed by atoms with Crippen LogP contribution >= 0.6 is 11.8 Å². The monoisotopic (exact) mass is 365 g/mol. The SMILES string of the molecule is CCOC(=O)C1=C(O)/C(=C/c2ccc(C)cc2)SC1=Nc1ccccc1. The van der Waals surface area contributed by atoms with Crippen molar-refractivity contribution in [3.8, 4) is 0 Å². The lowest BCUT2D eigenvalue weighted by atomic mass is 10.1. The predicted octanol–water partition coefficient (Wildman–Crippen LogP) is 5.19. The average molecular weight is 365 g/mol. The number of benzene rings is 2. The molecule has 4 nitrogen and oxygen atoms in total. The minimum absolute atomic E-state index is 0.0938. The van der Waals surface area contributed by atoms with Crippen LogP contribution in [0.25, 0.3) is 6.08 Å². The van der Waals surface area contributed by atoms with Crippen molar-refractivity contribution in [1.29, 1.82) is 0 Å². The number of carbonyl (C=O) groups is 1. The second-order valence-corrected chi connectivity index (χ2v) is 6.75. The van der Waals surface area contributed by atoms with Crippen molar-refractivity contribution in [1.82, 2.24) is 0 Å². The number of para-hydroxylation sites is 1. The maximum atomic E-state index is 12.3. The molecule has 0 unspecified atom stereocenters. The number of hydrogen-bond acceptors (Lipinski definition) is 5. The summed E-state index contributed by atoms with van der Waals surface area (Å²) in [5, 5.41) is 11.1. The summed E-state index contributed by atoms with van der Waals surface area (Å²) in [4.78, 5) is 17.4. The fraction of sp³-hybridized carbons (Fsp3) is 0.143. The number of carbonyl (C=O) groups excluding carboxylic acids is 1. The Morgan fingerprint density at radius 3 is 2.50 bits per heavy atom. The maximum Gasteiger partial charge on any atom is 0.344 e. The van der Waals surface area contributed by atoms with E-state index in [1.165, 1.54) is 11.8 Å². The van der Waals surface area contributed by atoms with Crippen LogP contribution in [0, 0.1) is 6.92 Å². The van der Waals surface area contributed by atoms with Crippen molar-refractivity contribution in [2.24, 2.45) is 4.99 Å². The first-order valence-electron chi connectivity index (χ1n) is 8.29. The number of aliphatic hydroxyl groups is 1. The van der Waals surface area contributed by atoms with Gasteiger partial charge in [-0.25, -0.2) is 9.79 Å². The first-order chi connectivity index (χ1) is 12.6. The lowest BCUT2D eigenvalue weighted by molar-refractivity contribution is -0.138. The number of ether oxygens (including phenoxy) is 1. The van der Waals surface area contributed by atoms with E-state index in [1.54, 1.807) is 6.92 Å². The van der Waals surface area contributed by atoms with Crippen molar-refractivity contribution in [2.75, 3.05) is 6.61 Å². The molecule has 0 aliphatic carbocycles. The molecule has 1 aliphatic heterocycles. The summed E-state index contributed by atoms with van der Waals surface area (Å²) in [6, 6.07) is 17.2. The number of aryl methyl sites for hydroxylation is 1. The zero-order valence-corrected chi connectivity index (χ0v) is 15.4. The molecule has 0 atom stereocenters. The topological polar surface area (TPSA) is 58.9 Å². The van der Waals surface area contributed by atoms with Gasteiger partial charge in [-0.1, -0.05) is 59.8 Å². The van der Waals surface area contributed by atoms with Crippen LogP contribution in [0.2, 0.25) is 0 Å². The van der Waals surface area contributed by atoms with Gasteiger partial charge in [0.1, 0.15) is 16.4 Å². The Labute approximate surface area is 156 Å². The smallest absolute Gasteiger partial charge is 0.344 e. The Balaban J connectivity index is 2.02. The number of aliphatic hydroxyl groups excluding tert-OH is 1. The lowest BCUT2D eigenvalue weighted by Crippen LogP contribution is -2.12. The van der Waals surface area contributed by atoms with Crippen LogP contribution < -0.4 is 0 Å². The standard InChI is InChI=1S/C21H19NO3S/c1-3-25-21(24)18-19(23)17(13-15-11-9-14(2)10-12-15)26-20(18)22-16-7-5-4-6-8-16/h4-13,23H,3H2,1-2H3/b17-13-,22-20?. The van der Waals surface area contributed by atoms with Gasteiger partial charge < -0.3 is 9.84 Å². The molecule has 132 valence electrons. The largest absolute Gasteiger partial charge is 0.506 e. The normalized spacial score (nSPS) is 17.2. The summed E-state index contributed by atoms with van der Waals surface area (Å²) >= 11 is 1.26. The fourth-order valence-corrected chi connectivity index (χ4v) is 3.46. The quantitative estimate of drug-likeness (QED) is 0.758. The third-order valence-electron chi connectivity index (χ3n) is 3.73. The molecule has 0 amide bonds. The van der Waals surface area contributed by atoms with Crippen LogP contribution in [0.5, 0.6) is 0 Å². The first-order valence-corrected chi connectivity index (χ1v) is 9.11. The van der Waals surface area contributed by atoms with E-state index in [0.717, 1.165) is 11.1 Å². The third-order valence-corrected chi connectivity index (χ3v) is 4.75. The fourth-order valence-electron chi connectivity index (χ4n) is 2.43. The number of thioether (sulfide) groups is 1. The molecule has 1 N–H and O–H groups in total. The molecular formula is C21H19NO3S. The van der Waals surface area contributed by atoms with Gasteiger partial charge >= 0.3 is 5.97 Å². The number of esters is 1. The molecule has 0 bridgehead atoms. The van der Waals surface area contributed by atoms with E-state index in [2.05, 4.69) is 4.99 Å². The van der Waals surface area contributed by atoms with E-state index in [1.807, 2.05) is 67.6 Å². The van der Waals surface area contributed by atoms with Gasteiger partial charge in [-0.2, -0.15) is 0 Å². The highest BCUT2D eigenvalue weighted by Crippen LogP contribution is 2.40. The van der Waals surface area contributed by atoms with Gasteiger partial charge in [0, 0.05) is 0 Å². The molecule has 3 rings (SSSR count). The molecule has 1 aliphatic rings. The Morgan fingerprint density at radius 1 is 1.15 bits per heavy atom. The molecule has 0 radical (unpaired) electrons. The highest BCUT2D eigenvalue weighted by molar-refractivity contribution is 8.18. The predicted molar refractivity (Wildman–Crippen MR) is 107 cm³/mol. The van der Waals surface area contributed by atoms with Crippen LogP contribution in [0.1, 0.15) is 18.1 Å². The van der Waals surface area contributed by atoms with Gasteiger partial charge in [0.2, 0.25) is 0 Å². The number of hydrogen-bond donors (Lipinski definition) is 1. The Bertz CT molecular complexity index is 897. The van der Waals surface area contributed by atoms with Gasteiger partial charge in [-0.15, -0.1) is 0 Å². The highest BCUT2D eigenvalue weighted by atomic mass is 32.2. The van der Waals surface area contributed by atoms with E-state index < -0.39 is 5.97 Å². The zero-order valence-electron chi connectivity index (χ0n) is 14.6. The summed E-state index contributed by atoms with van der Waals surface area (Å²) in [6.07, 6.45) is 1.84. The first kappa shape index (κ1) is 18.0. The lowest BCUT2D eigenvalue weighted by Gasteiger charge is -2.03. The molecule has 0 aromatic heterocycles. The van der Waals surface area contributed by atoms with E-state index in [4.69, 9.17) is 4.74 Å². The van der Waals surface area contributed by atoms with Crippen LogP contribution in [-0.2, 0) is 9.53 Å². The second kappa shape index (κ2) is 8.06. The number of aliphatic imine (C=N–C) groups is 1. The third kappa shape index (κ3) is 4.06. The van der Waals surface area contributed by atoms with Gasteiger partial charge in [-0.3, -0.25) is 0 Å².